The number of hydrogen-bond acceptors (Lipinski definition) is 13. The predicted molar refractivity (Wildman–Crippen MR) is 269 cm³/mol. The molecule has 0 saturated carbocycles. The van der Waals surface area contributed by atoms with Crippen LogP contribution in [-0.2, 0) is 46.3 Å². The Kier molecular flexibility index (Phi) is 43.9. The molecule has 5 atom stereocenters. The number of phosphoric acid groups is 2. The Morgan fingerprint density at radius 2 is 0.735 bits per heavy atom. The third-order valence-corrected chi connectivity index (χ3v) is 11.3. The van der Waals surface area contributed by atoms with Crippen LogP contribution in [-0.4, -0.2) is 95.0 Å². The van der Waals surface area contributed by atoms with E-state index in [9.17, 15) is 43.8 Å². The topological polar surface area (TPSA) is 225 Å². The van der Waals surface area contributed by atoms with Crippen LogP contribution in [0, 0.1) is 0 Å². The Labute approximate surface area is 407 Å². The van der Waals surface area contributed by atoms with Crippen molar-refractivity contribution in [1.29, 1.82) is 0 Å². The van der Waals surface area contributed by atoms with Crippen LogP contribution in [0.4, 0.5) is 0 Å². The minimum Gasteiger partial charge on any atom is -0.463 e. The standard InChI is InChI=1S/C51H84O15P2/c1-3-5-7-9-11-13-15-17-19-21-22-24-26-28-30-32-34-36-38-40-51(56)62-42-48(53)44-64-68(59,60)66-46-49(54)45-65-67(57,58)63-43-47(52)41-61-50(55)39-37-35-33-31-29-27-25-23-20-18-16-14-12-10-8-6-4-2/h5,7,9,11-15,17-22,24,26,28,30,47-49,52-54H,3-4,6,8,10,16,23,25,27,29,31-46H2,1-2H3,(H,57,58)(H,59,60)/b7-5+,11-9+,14-12-,15-13-,19-17+,20-18-,22-21+,26-24+,30-28+. The predicted octanol–water partition coefficient (Wildman–Crippen LogP) is 11.3. The van der Waals surface area contributed by atoms with Gasteiger partial charge in [-0.25, -0.2) is 9.13 Å². The Balaban J connectivity index is 3.98. The van der Waals surface area contributed by atoms with Gasteiger partial charge in [-0.3, -0.25) is 27.7 Å². The molecule has 0 fully saturated rings. The molecule has 0 aromatic carbocycles. The van der Waals surface area contributed by atoms with Gasteiger partial charge in [-0.15, -0.1) is 0 Å². The van der Waals surface area contributed by atoms with E-state index in [4.69, 9.17) is 9.47 Å². The summed E-state index contributed by atoms with van der Waals surface area (Å²) < 4.78 is 53.0. The Morgan fingerprint density at radius 1 is 0.412 bits per heavy atom. The van der Waals surface area contributed by atoms with Crippen LogP contribution in [0.5, 0.6) is 0 Å². The number of carbonyl (C=O) groups excluding carboxylic acids is 2. The van der Waals surface area contributed by atoms with Gasteiger partial charge >= 0.3 is 27.6 Å². The number of hydrogen-bond donors (Lipinski definition) is 5. The van der Waals surface area contributed by atoms with Crippen molar-refractivity contribution in [2.45, 2.75) is 161 Å². The SMILES string of the molecule is CC/C=C/C=C/C=C\C=C\C=C\C=C\C=C\CCCCCC(=O)OCC(O)COP(=O)(O)OCC(O)COP(=O)(O)OCC(O)COC(=O)CCCCCCCCC/C=C\C/C=C\CCCCC. The van der Waals surface area contributed by atoms with Gasteiger partial charge in [-0.2, -0.15) is 0 Å². The lowest BCUT2D eigenvalue weighted by Crippen LogP contribution is -2.25. The molecule has 68 heavy (non-hydrogen) atoms. The van der Waals surface area contributed by atoms with Gasteiger partial charge in [-0.1, -0.05) is 175 Å². The molecule has 0 aliphatic rings. The molecule has 388 valence electrons. The zero-order valence-electron chi connectivity index (χ0n) is 40.7. The fourth-order valence-electron chi connectivity index (χ4n) is 5.64. The Morgan fingerprint density at radius 3 is 1.15 bits per heavy atom. The molecule has 5 unspecified atom stereocenters. The first kappa shape index (κ1) is 64.7. The van der Waals surface area contributed by atoms with Gasteiger partial charge in [0.05, 0.1) is 26.4 Å². The van der Waals surface area contributed by atoms with Crippen molar-refractivity contribution < 1.29 is 71.4 Å². The normalized spacial score (nSPS) is 15.9. The van der Waals surface area contributed by atoms with E-state index in [1.165, 1.54) is 38.5 Å². The van der Waals surface area contributed by atoms with E-state index in [0.29, 0.717) is 12.8 Å². The van der Waals surface area contributed by atoms with Crippen LogP contribution < -0.4 is 0 Å². The molecule has 0 spiro atoms. The van der Waals surface area contributed by atoms with Crippen LogP contribution in [0.15, 0.2) is 109 Å². The summed E-state index contributed by atoms with van der Waals surface area (Å²) in [5.41, 5.74) is 0. The third-order valence-electron chi connectivity index (χ3n) is 9.41. The second-order valence-electron chi connectivity index (χ2n) is 15.9. The summed E-state index contributed by atoms with van der Waals surface area (Å²) in [4.78, 5) is 43.8. The van der Waals surface area contributed by atoms with E-state index < -0.39 is 85.5 Å². The number of aliphatic hydroxyl groups excluding tert-OH is 3. The summed E-state index contributed by atoms with van der Waals surface area (Å²) in [5, 5.41) is 30.0. The number of allylic oxidation sites excluding steroid dienone is 18. The third kappa shape index (κ3) is 47.8. The molecular formula is C51H84O15P2. The smallest absolute Gasteiger partial charge is 0.463 e. The van der Waals surface area contributed by atoms with Gasteiger partial charge in [0.2, 0.25) is 0 Å². The lowest BCUT2D eigenvalue weighted by Gasteiger charge is -2.19. The highest BCUT2D eigenvalue weighted by atomic mass is 31.2. The molecule has 0 saturated heterocycles. The quantitative estimate of drug-likeness (QED) is 0.0126. The number of unbranched alkanes of at least 4 members (excludes halogenated alkanes) is 13. The summed E-state index contributed by atoms with van der Waals surface area (Å²) >= 11 is 0. The molecule has 17 heteroatoms. The first-order chi connectivity index (χ1) is 32.8. The second kappa shape index (κ2) is 46.1. The molecule has 0 aromatic heterocycles. The average molecular weight is 999 g/mol. The van der Waals surface area contributed by atoms with E-state index in [2.05, 4.69) is 62.3 Å². The van der Waals surface area contributed by atoms with E-state index >= 15 is 0 Å². The Bertz CT molecular complexity index is 1630. The van der Waals surface area contributed by atoms with Crippen molar-refractivity contribution in [3.8, 4) is 0 Å². The van der Waals surface area contributed by atoms with Crippen molar-refractivity contribution in [3.63, 3.8) is 0 Å². The number of ether oxygens (including phenoxy) is 2. The second-order valence-corrected chi connectivity index (χ2v) is 18.8. The first-order valence-corrected chi connectivity index (χ1v) is 27.3. The zero-order valence-corrected chi connectivity index (χ0v) is 42.5. The molecule has 0 radical (unpaired) electrons. The highest BCUT2D eigenvalue weighted by molar-refractivity contribution is 7.47. The number of carbonyl (C=O) groups is 2. The summed E-state index contributed by atoms with van der Waals surface area (Å²) in [5.74, 6) is -1.05. The van der Waals surface area contributed by atoms with Gasteiger partial charge in [0.1, 0.15) is 31.5 Å². The number of rotatable bonds is 45. The van der Waals surface area contributed by atoms with Crippen LogP contribution in [0.2, 0.25) is 0 Å². The monoisotopic (exact) mass is 999 g/mol. The van der Waals surface area contributed by atoms with Crippen LogP contribution in [0.1, 0.15) is 142 Å². The molecule has 0 aliphatic carbocycles. The lowest BCUT2D eigenvalue weighted by molar-refractivity contribution is -0.148. The van der Waals surface area contributed by atoms with Crippen molar-refractivity contribution in [1.82, 2.24) is 0 Å². The van der Waals surface area contributed by atoms with Gasteiger partial charge in [-0.05, 0) is 64.2 Å². The fourth-order valence-corrected chi connectivity index (χ4v) is 7.23. The van der Waals surface area contributed by atoms with Gasteiger partial charge in [0.15, 0.2) is 0 Å². The van der Waals surface area contributed by atoms with Crippen molar-refractivity contribution in [2.24, 2.45) is 0 Å². The molecule has 15 nitrogen and oxygen atoms in total. The van der Waals surface area contributed by atoms with Crippen LogP contribution >= 0.6 is 15.6 Å². The highest BCUT2D eigenvalue weighted by Gasteiger charge is 2.28. The van der Waals surface area contributed by atoms with Crippen molar-refractivity contribution in [2.75, 3.05) is 39.6 Å². The molecule has 0 rings (SSSR count). The van der Waals surface area contributed by atoms with Crippen LogP contribution in [0.25, 0.3) is 0 Å². The molecule has 0 amide bonds. The average Bonchev–Trinajstić information content (AvgIpc) is 3.31. The van der Waals surface area contributed by atoms with Gasteiger partial charge in [0, 0.05) is 12.8 Å². The molecule has 5 N–H and O–H groups in total. The molecule has 0 bridgehead atoms. The molecule has 0 aromatic rings. The van der Waals surface area contributed by atoms with E-state index in [1.807, 2.05) is 79.0 Å². The van der Waals surface area contributed by atoms with Gasteiger partial charge < -0.3 is 34.6 Å². The summed E-state index contributed by atoms with van der Waals surface area (Å²) in [7, 11) is -9.60. The first-order valence-electron chi connectivity index (χ1n) is 24.3. The fraction of sp³-hybridized carbons (Fsp3) is 0.608. The van der Waals surface area contributed by atoms with Gasteiger partial charge in [0.25, 0.3) is 0 Å². The number of phosphoric ester groups is 2. The molecule has 0 heterocycles. The van der Waals surface area contributed by atoms with Crippen molar-refractivity contribution >= 4 is 27.6 Å². The molecule has 0 aliphatic heterocycles. The number of aliphatic hydroxyl groups is 3. The van der Waals surface area contributed by atoms with E-state index in [1.54, 1.807) is 0 Å². The van der Waals surface area contributed by atoms with E-state index in [0.717, 1.165) is 64.2 Å². The maximum atomic E-state index is 12.2. The summed E-state index contributed by atoms with van der Waals surface area (Å²) in [6.45, 7) is 0.154. The summed E-state index contributed by atoms with van der Waals surface area (Å²) in [6.07, 6.45) is 50.7. The maximum absolute atomic E-state index is 12.2. The minimum absolute atomic E-state index is 0.137. The largest absolute Gasteiger partial charge is 0.472 e. The highest BCUT2D eigenvalue weighted by Crippen LogP contribution is 2.45. The lowest BCUT2D eigenvalue weighted by atomic mass is 10.1. The zero-order chi connectivity index (χ0) is 50.2. The van der Waals surface area contributed by atoms with E-state index in [-0.39, 0.29) is 12.8 Å². The molecular weight excluding hydrogens is 914 g/mol. The van der Waals surface area contributed by atoms with Crippen LogP contribution in [0.3, 0.4) is 0 Å². The van der Waals surface area contributed by atoms with Crippen molar-refractivity contribution in [3.05, 3.63) is 109 Å². The Hall–Kier alpha value is -3.30. The minimum atomic E-state index is -4.81. The summed E-state index contributed by atoms with van der Waals surface area (Å²) in [6, 6.07) is 0. The maximum Gasteiger partial charge on any atom is 0.472 e. The number of esters is 2.